The number of nitrogens with one attached hydrogen (secondary N) is 1. The summed E-state index contributed by atoms with van der Waals surface area (Å²) in [6, 6.07) is 13.4. The molecule has 2 aromatic rings. The van der Waals surface area contributed by atoms with E-state index in [1.165, 1.54) is 6.08 Å². The highest BCUT2D eigenvalue weighted by Crippen LogP contribution is 2.25. The van der Waals surface area contributed by atoms with Crippen LogP contribution in [0.2, 0.25) is 0 Å². The number of hydrogen-bond acceptors (Lipinski definition) is 2. The molecule has 1 amide bonds. The van der Waals surface area contributed by atoms with Crippen molar-refractivity contribution in [1.82, 2.24) is 0 Å². The van der Waals surface area contributed by atoms with Crippen LogP contribution in [-0.2, 0) is 4.79 Å². The molecule has 0 aliphatic heterocycles. The second-order valence-electron chi connectivity index (χ2n) is 4.58. The number of aryl methyl sites for hydroxylation is 1. The van der Waals surface area contributed by atoms with Crippen molar-refractivity contribution in [2.24, 2.45) is 0 Å². The normalized spacial score (nSPS) is 10.6. The van der Waals surface area contributed by atoms with E-state index >= 15 is 0 Å². The molecule has 0 unspecified atom stereocenters. The van der Waals surface area contributed by atoms with E-state index in [9.17, 15) is 4.79 Å². The van der Waals surface area contributed by atoms with Crippen LogP contribution in [0.25, 0.3) is 6.08 Å². The number of ether oxygens (including phenoxy) is 1. The maximum atomic E-state index is 12.0. The molecule has 0 heterocycles. The maximum Gasteiger partial charge on any atom is 0.248 e. The summed E-state index contributed by atoms with van der Waals surface area (Å²) >= 11 is 3.40. The summed E-state index contributed by atoms with van der Waals surface area (Å²) in [4.78, 5) is 12.0. The van der Waals surface area contributed by atoms with Crippen molar-refractivity contribution in [3.05, 3.63) is 64.1 Å². The minimum atomic E-state index is -0.195. The topological polar surface area (TPSA) is 38.3 Å². The van der Waals surface area contributed by atoms with Gasteiger partial charge in [0.05, 0.1) is 12.8 Å². The molecule has 3 nitrogen and oxygen atoms in total. The first-order valence-electron chi connectivity index (χ1n) is 6.48. The molecule has 0 atom stereocenters. The average Bonchev–Trinajstić information content (AvgIpc) is 2.45. The molecule has 0 saturated carbocycles. The molecule has 21 heavy (non-hydrogen) atoms. The van der Waals surface area contributed by atoms with Crippen LogP contribution in [0, 0.1) is 6.92 Å². The van der Waals surface area contributed by atoms with Crippen molar-refractivity contribution in [1.29, 1.82) is 0 Å². The number of benzene rings is 2. The van der Waals surface area contributed by atoms with Gasteiger partial charge in [0.1, 0.15) is 5.75 Å². The van der Waals surface area contributed by atoms with Crippen molar-refractivity contribution < 1.29 is 9.53 Å². The van der Waals surface area contributed by atoms with Crippen LogP contribution in [0.15, 0.2) is 53.0 Å². The van der Waals surface area contributed by atoms with Gasteiger partial charge < -0.3 is 10.1 Å². The van der Waals surface area contributed by atoms with Gasteiger partial charge in [-0.05, 0) is 48.4 Å². The van der Waals surface area contributed by atoms with E-state index in [2.05, 4.69) is 21.2 Å². The van der Waals surface area contributed by atoms with Crippen LogP contribution in [0.5, 0.6) is 5.75 Å². The summed E-state index contributed by atoms with van der Waals surface area (Å²) in [5.74, 6) is 0.448. The van der Waals surface area contributed by atoms with Crippen LogP contribution in [0.1, 0.15) is 11.1 Å². The minimum absolute atomic E-state index is 0.195. The molecule has 0 bridgehead atoms. The number of carbonyl (C=O) groups excluding carboxylic acids is 1. The molecule has 0 fully saturated rings. The van der Waals surface area contributed by atoms with Gasteiger partial charge in [0.15, 0.2) is 0 Å². The number of carbonyl (C=O) groups is 1. The summed E-state index contributed by atoms with van der Waals surface area (Å²) in [6.45, 7) is 1.96. The van der Waals surface area contributed by atoms with E-state index in [0.717, 1.165) is 15.6 Å². The van der Waals surface area contributed by atoms with E-state index in [1.54, 1.807) is 13.2 Å². The monoisotopic (exact) mass is 345 g/mol. The molecular weight excluding hydrogens is 330 g/mol. The molecule has 108 valence electrons. The minimum Gasteiger partial charge on any atom is -0.495 e. The van der Waals surface area contributed by atoms with E-state index in [0.29, 0.717) is 11.4 Å². The lowest BCUT2D eigenvalue weighted by molar-refractivity contribution is -0.111. The highest BCUT2D eigenvalue weighted by molar-refractivity contribution is 9.10. The van der Waals surface area contributed by atoms with Crippen LogP contribution >= 0.6 is 15.9 Å². The number of halogens is 1. The Morgan fingerprint density at radius 1 is 1.24 bits per heavy atom. The number of anilines is 1. The maximum absolute atomic E-state index is 12.0. The molecular formula is C17H16BrNO2. The molecule has 0 saturated heterocycles. The molecule has 0 spiro atoms. The Balaban J connectivity index is 2.10. The molecule has 0 radical (unpaired) electrons. The second-order valence-corrected chi connectivity index (χ2v) is 5.50. The number of amides is 1. The van der Waals surface area contributed by atoms with E-state index < -0.39 is 0 Å². The van der Waals surface area contributed by atoms with Crippen molar-refractivity contribution in [2.45, 2.75) is 6.92 Å². The standard InChI is InChI=1S/C17H16BrNO2/c1-12-6-8-16(21-2)15(10-12)19-17(20)9-7-13-4-3-5-14(18)11-13/h3-11H,1-2H3,(H,19,20). The average molecular weight is 346 g/mol. The van der Waals surface area contributed by atoms with Crippen molar-refractivity contribution >= 4 is 33.6 Å². The van der Waals surface area contributed by atoms with Crippen LogP contribution in [0.3, 0.4) is 0 Å². The van der Waals surface area contributed by atoms with Crippen LogP contribution in [-0.4, -0.2) is 13.0 Å². The lowest BCUT2D eigenvalue weighted by Crippen LogP contribution is -2.09. The quantitative estimate of drug-likeness (QED) is 0.833. The largest absolute Gasteiger partial charge is 0.495 e. The summed E-state index contributed by atoms with van der Waals surface area (Å²) in [7, 11) is 1.58. The summed E-state index contributed by atoms with van der Waals surface area (Å²) in [5.41, 5.74) is 2.68. The molecule has 1 N–H and O–H groups in total. The molecule has 0 aliphatic carbocycles. The lowest BCUT2D eigenvalue weighted by atomic mass is 10.2. The third kappa shape index (κ3) is 4.46. The van der Waals surface area contributed by atoms with Crippen LogP contribution < -0.4 is 10.1 Å². The highest BCUT2D eigenvalue weighted by Gasteiger charge is 2.05. The van der Waals surface area contributed by atoms with Gasteiger partial charge in [-0.15, -0.1) is 0 Å². The Morgan fingerprint density at radius 3 is 2.76 bits per heavy atom. The Kier molecular flexibility index (Phi) is 5.17. The zero-order valence-corrected chi connectivity index (χ0v) is 13.5. The van der Waals surface area contributed by atoms with Gasteiger partial charge in [-0.2, -0.15) is 0 Å². The van der Waals surface area contributed by atoms with Crippen molar-refractivity contribution in [3.63, 3.8) is 0 Å². The first kappa shape index (κ1) is 15.3. The van der Waals surface area contributed by atoms with Gasteiger partial charge in [0.25, 0.3) is 0 Å². The van der Waals surface area contributed by atoms with Gasteiger partial charge in [-0.25, -0.2) is 0 Å². The van der Waals surface area contributed by atoms with E-state index in [-0.39, 0.29) is 5.91 Å². The number of hydrogen-bond donors (Lipinski definition) is 1. The number of methoxy groups -OCH3 is 1. The molecule has 4 heteroatoms. The summed E-state index contributed by atoms with van der Waals surface area (Å²) < 4.78 is 6.21. The van der Waals surface area contributed by atoms with Gasteiger partial charge in [-0.3, -0.25) is 4.79 Å². The highest BCUT2D eigenvalue weighted by atomic mass is 79.9. The zero-order chi connectivity index (χ0) is 15.2. The predicted octanol–water partition coefficient (Wildman–Crippen LogP) is 4.42. The van der Waals surface area contributed by atoms with Gasteiger partial charge in [-0.1, -0.05) is 34.1 Å². The Labute approximate surface area is 132 Å². The fourth-order valence-corrected chi connectivity index (χ4v) is 2.29. The van der Waals surface area contributed by atoms with E-state index in [1.807, 2.05) is 49.4 Å². The lowest BCUT2D eigenvalue weighted by Gasteiger charge is -2.09. The third-order valence-corrected chi connectivity index (χ3v) is 3.38. The Bertz CT molecular complexity index is 680. The van der Waals surface area contributed by atoms with Gasteiger partial charge >= 0.3 is 0 Å². The van der Waals surface area contributed by atoms with Gasteiger partial charge in [0.2, 0.25) is 5.91 Å². The van der Waals surface area contributed by atoms with Gasteiger partial charge in [0, 0.05) is 10.5 Å². The molecule has 2 rings (SSSR count). The SMILES string of the molecule is COc1ccc(C)cc1NC(=O)C=Cc1cccc(Br)c1. The zero-order valence-electron chi connectivity index (χ0n) is 11.9. The first-order valence-corrected chi connectivity index (χ1v) is 7.27. The first-order chi connectivity index (χ1) is 10.1. The fourth-order valence-electron chi connectivity index (χ4n) is 1.88. The fraction of sp³-hybridized carbons (Fsp3) is 0.118. The molecule has 0 aromatic heterocycles. The summed E-state index contributed by atoms with van der Waals surface area (Å²) in [6.07, 6.45) is 3.27. The number of rotatable bonds is 4. The molecule has 2 aromatic carbocycles. The second kappa shape index (κ2) is 7.09. The van der Waals surface area contributed by atoms with Crippen molar-refractivity contribution in [2.75, 3.05) is 12.4 Å². The third-order valence-electron chi connectivity index (χ3n) is 2.89. The smallest absolute Gasteiger partial charge is 0.248 e. The summed E-state index contributed by atoms with van der Waals surface area (Å²) in [5, 5.41) is 2.82. The Morgan fingerprint density at radius 2 is 2.05 bits per heavy atom. The Hall–Kier alpha value is -2.07. The van der Waals surface area contributed by atoms with E-state index in [4.69, 9.17) is 4.74 Å². The molecule has 0 aliphatic rings. The predicted molar refractivity (Wildman–Crippen MR) is 89.5 cm³/mol. The van der Waals surface area contributed by atoms with Crippen LogP contribution in [0.4, 0.5) is 5.69 Å². The van der Waals surface area contributed by atoms with Crippen molar-refractivity contribution in [3.8, 4) is 5.75 Å².